The van der Waals surface area contributed by atoms with Crippen molar-refractivity contribution in [1.29, 1.82) is 0 Å². The number of thioether (sulfide) groups is 1. The lowest BCUT2D eigenvalue weighted by Crippen LogP contribution is -2.37. The fourth-order valence-corrected chi connectivity index (χ4v) is 4.56. The summed E-state index contributed by atoms with van der Waals surface area (Å²) in [6, 6.07) is 4.96. The number of methoxy groups -OCH3 is 1. The van der Waals surface area contributed by atoms with Crippen LogP contribution in [-0.2, 0) is 25.3 Å². The molecule has 0 saturated heterocycles. The molecule has 1 aromatic carbocycles. The zero-order valence-corrected chi connectivity index (χ0v) is 20.1. The predicted octanol–water partition coefficient (Wildman–Crippen LogP) is 3.22. The summed E-state index contributed by atoms with van der Waals surface area (Å²) in [5.74, 6) is 0.574. The van der Waals surface area contributed by atoms with E-state index in [9.17, 15) is 14.4 Å². The van der Waals surface area contributed by atoms with Crippen LogP contribution >= 0.6 is 23.4 Å². The minimum atomic E-state index is -0.451. The molecule has 0 atom stereocenters. The molecule has 0 aliphatic rings. The number of benzene rings is 1. The fourth-order valence-electron chi connectivity index (χ4n) is 3.39. The van der Waals surface area contributed by atoms with Crippen LogP contribution in [0.15, 0.2) is 38.9 Å². The van der Waals surface area contributed by atoms with Gasteiger partial charge in [-0.1, -0.05) is 25.4 Å². The quantitative estimate of drug-likeness (QED) is 0.526. The average Bonchev–Trinajstić information content (AvgIpc) is 2.74. The largest absolute Gasteiger partial charge is 0.495 e. The van der Waals surface area contributed by atoms with E-state index in [1.165, 1.54) is 30.5 Å². The number of pyridine rings is 1. The number of fused-ring (bicyclic) bond motifs is 1. The number of rotatable bonds is 7. The Labute approximate surface area is 194 Å². The minimum absolute atomic E-state index is 0.0475. The van der Waals surface area contributed by atoms with E-state index in [-0.39, 0.29) is 11.7 Å². The third-order valence-corrected chi connectivity index (χ3v) is 6.30. The van der Waals surface area contributed by atoms with Gasteiger partial charge in [-0.15, -0.1) is 11.8 Å². The summed E-state index contributed by atoms with van der Waals surface area (Å²) in [7, 11) is 4.52. The first-order chi connectivity index (χ1) is 15.1. The Balaban J connectivity index is 2.00. The standard InChI is InChI=1S/C22H25ClN4O4S/c1-12(2)8-13-10-24-20-18(21(29)27(4)22(30)26(20)3)19(13)32-11-17(28)25-15-9-14(23)6-7-16(15)31-5/h6-7,9-10,12H,8,11H2,1-5H3,(H,25,28). The molecule has 0 saturated carbocycles. The van der Waals surface area contributed by atoms with Crippen LogP contribution in [0.1, 0.15) is 19.4 Å². The number of carbonyl (C=O) groups excluding carboxylic acids is 1. The van der Waals surface area contributed by atoms with Crippen molar-refractivity contribution in [2.75, 3.05) is 18.2 Å². The van der Waals surface area contributed by atoms with Crippen molar-refractivity contribution in [3.8, 4) is 5.75 Å². The SMILES string of the molecule is COc1ccc(Cl)cc1NC(=O)CSc1c(CC(C)C)cnc2c1c(=O)n(C)c(=O)n2C. The van der Waals surface area contributed by atoms with Gasteiger partial charge >= 0.3 is 5.69 Å². The van der Waals surface area contributed by atoms with Crippen LogP contribution in [0.5, 0.6) is 5.75 Å². The summed E-state index contributed by atoms with van der Waals surface area (Å²) < 4.78 is 7.68. The molecule has 0 spiro atoms. The van der Waals surface area contributed by atoms with Gasteiger partial charge in [-0.2, -0.15) is 0 Å². The van der Waals surface area contributed by atoms with Crippen molar-refractivity contribution in [2.45, 2.75) is 25.2 Å². The molecule has 3 aromatic rings. The van der Waals surface area contributed by atoms with E-state index in [4.69, 9.17) is 16.3 Å². The van der Waals surface area contributed by atoms with Gasteiger partial charge in [0.1, 0.15) is 11.4 Å². The Morgan fingerprint density at radius 2 is 1.97 bits per heavy atom. The van der Waals surface area contributed by atoms with E-state index in [0.29, 0.717) is 44.7 Å². The molecular formula is C22H25ClN4O4S. The Morgan fingerprint density at radius 1 is 1.25 bits per heavy atom. The third-order valence-electron chi connectivity index (χ3n) is 4.91. The average molecular weight is 477 g/mol. The van der Waals surface area contributed by atoms with Crippen molar-refractivity contribution in [3.63, 3.8) is 0 Å². The number of hydrogen-bond acceptors (Lipinski definition) is 6. The molecule has 0 aliphatic carbocycles. The predicted molar refractivity (Wildman–Crippen MR) is 128 cm³/mol. The zero-order valence-electron chi connectivity index (χ0n) is 18.6. The number of carbonyl (C=O) groups is 1. The first kappa shape index (κ1) is 23.9. The first-order valence-electron chi connectivity index (χ1n) is 9.97. The number of aromatic nitrogens is 3. The molecule has 0 bridgehead atoms. The van der Waals surface area contributed by atoms with Crippen molar-refractivity contribution in [3.05, 3.63) is 55.8 Å². The normalized spacial score (nSPS) is 11.2. The van der Waals surface area contributed by atoms with E-state index in [1.54, 1.807) is 31.4 Å². The molecule has 10 heteroatoms. The van der Waals surface area contributed by atoms with Gasteiger partial charge < -0.3 is 10.1 Å². The molecule has 0 radical (unpaired) electrons. The Morgan fingerprint density at radius 3 is 2.62 bits per heavy atom. The maximum Gasteiger partial charge on any atom is 0.332 e. The van der Waals surface area contributed by atoms with E-state index >= 15 is 0 Å². The Hall–Kier alpha value is -2.78. The molecule has 2 heterocycles. The van der Waals surface area contributed by atoms with Crippen LogP contribution in [0.2, 0.25) is 5.02 Å². The van der Waals surface area contributed by atoms with Crippen LogP contribution in [0.4, 0.5) is 5.69 Å². The van der Waals surface area contributed by atoms with E-state index in [0.717, 1.165) is 10.1 Å². The van der Waals surface area contributed by atoms with Gasteiger partial charge in [0.25, 0.3) is 5.56 Å². The fraction of sp³-hybridized carbons (Fsp3) is 0.364. The van der Waals surface area contributed by atoms with Gasteiger partial charge in [0.2, 0.25) is 5.91 Å². The lowest BCUT2D eigenvalue weighted by molar-refractivity contribution is -0.113. The highest BCUT2D eigenvalue weighted by atomic mass is 35.5. The van der Waals surface area contributed by atoms with Gasteiger partial charge in [0.05, 0.1) is 23.9 Å². The number of anilines is 1. The summed E-state index contributed by atoms with van der Waals surface area (Å²) in [4.78, 5) is 43.1. The number of aryl methyl sites for hydroxylation is 1. The number of nitrogens with zero attached hydrogens (tertiary/aromatic N) is 3. The molecular weight excluding hydrogens is 452 g/mol. The smallest absolute Gasteiger partial charge is 0.332 e. The molecule has 0 fully saturated rings. The van der Waals surface area contributed by atoms with E-state index in [1.807, 2.05) is 0 Å². The lowest BCUT2D eigenvalue weighted by Gasteiger charge is -2.16. The van der Waals surface area contributed by atoms with E-state index < -0.39 is 11.2 Å². The molecule has 32 heavy (non-hydrogen) atoms. The maximum absolute atomic E-state index is 13.0. The third kappa shape index (κ3) is 4.83. The molecule has 3 rings (SSSR count). The summed E-state index contributed by atoms with van der Waals surface area (Å²) in [5.41, 5.74) is 0.742. The highest BCUT2D eigenvalue weighted by Gasteiger charge is 2.19. The Bertz CT molecular complexity index is 1300. The van der Waals surface area contributed by atoms with Gasteiger partial charge in [0.15, 0.2) is 0 Å². The molecule has 0 aliphatic heterocycles. The molecule has 1 N–H and O–H groups in total. The molecule has 2 aromatic heterocycles. The second kappa shape index (κ2) is 9.79. The van der Waals surface area contributed by atoms with Crippen molar-refractivity contribution in [1.82, 2.24) is 14.1 Å². The van der Waals surface area contributed by atoms with Crippen molar-refractivity contribution >= 4 is 46.0 Å². The molecule has 0 unspecified atom stereocenters. The van der Waals surface area contributed by atoms with Crippen molar-refractivity contribution < 1.29 is 9.53 Å². The molecule has 170 valence electrons. The van der Waals surface area contributed by atoms with Crippen molar-refractivity contribution in [2.24, 2.45) is 20.0 Å². The van der Waals surface area contributed by atoms with Gasteiger partial charge in [-0.05, 0) is 36.1 Å². The van der Waals surface area contributed by atoms with Crippen LogP contribution in [-0.4, -0.2) is 32.9 Å². The number of nitrogens with one attached hydrogen (secondary N) is 1. The number of ether oxygens (including phenoxy) is 1. The van der Waals surface area contributed by atoms with Crippen LogP contribution in [0.25, 0.3) is 11.0 Å². The maximum atomic E-state index is 13.0. The second-order valence-electron chi connectivity index (χ2n) is 7.80. The summed E-state index contributed by atoms with van der Waals surface area (Å²) in [5, 5.41) is 3.61. The second-order valence-corrected chi connectivity index (χ2v) is 9.22. The molecule has 8 nitrogen and oxygen atoms in total. The van der Waals surface area contributed by atoms with Crippen LogP contribution in [0.3, 0.4) is 0 Å². The number of amides is 1. The number of hydrogen-bond donors (Lipinski definition) is 1. The van der Waals surface area contributed by atoms with Gasteiger partial charge in [0, 0.05) is 30.2 Å². The zero-order chi connectivity index (χ0) is 23.6. The lowest BCUT2D eigenvalue weighted by atomic mass is 10.0. The number of halogens is 1. The van der Waals surface area contributed by atoms with E-state index in [2.05, 4.69) is 24.1 Å². The molecule has 1 amide bonds. The van der Waals surface area contributed by atoms with Crippen LogP contribution in [0, 0.1) is 5.92 Å². The summed E-state index contributed by atoms with van der Waals surface area (Å²) >= 11 is 7.29. The minimum Gasteiger partial charge on any atom is -0.495 e. The summed E-state index contributed by atoms with van der Waals surface area (Å²) in [6.45, 7) is 4.13. The topological polar surface area (TPSA) is 95.2 Å². The highest BCUT2D eigenvalue weighted by Crippen LogP contribution is 2.31. The van der Waals surface area contributed by atoms with Gasteiger partial charge in [-0.3, -0.25) is 18.7 Å². The Kier molecular flexibility index (Phi) is 7.30. The first-order valence-corrected chi connectivity index (χ1v) is 11.3. The highest BCUT2D eigenvalue weighted by molar-refractivity contribution is 8.00. The van der Waals surface area contributed by atoms with Crippen LogP contribution < -0.4 is 21.3 Å². The monoisotopic (exact) mass is 476 g/mol. The summed E-state index contributed by atoms with van der Waals surface area (Å²) in [6.07, 6.45) is 2.36. The van der Waals surface area contributed by atoms with Gasteiger partial charge in [-0.25, -0.2) is 9.78 Å².